The van der Waals surface area contributed by atoms with Crippen molar-refractivity contribution in [3.8, 4) is 0 Å². The SMILES string of the molecule is CCCN1C(=O)c2c(C(=O)NCc3ccc(CC)cc3)ncn2CC1(C)C(=O)NC1CCCC1. The molecule has 1 unspecified atom stereocenters. The van der Waals surface area contributed by atoms with E-state index in [0.717, 1.165) is 37.7 Å². The van der Waals surface area contributed by atoms with Crippen molar-refractivity contribution in [2.24, 2.45) is 0 Å². The normalized spacial score (nSPS) is 20.3. The number of fused-ring (bicyclic) bond motifs is 1. The maximum atomic E-state index is 13.6. The Morgan fingerprint density at radius 2 is 1.79 bits per heavy atom. The summed E-state index contributed by atoms with van der Waals surface area (Å²) < 4.78 is 1.66. The maximum absolute atomic E-state index is 13.6. The second kappa shape index (κ2) is 9.99. The predicted octanol–water partition coefficient (Wildman–Crippen LogP) is 3.06. The molecule has 1 aromatic carbocycles. The van der Waals surface area contributed by atoms with Crippen molar-refractivity contribution in [3.05, 3.63) is 53.1 Å². The number of hydrogen-bond acceptors (Lipinski definition) is 4. The van der Waals surface area contributed by atoms with Gasteiger partial charge >= 0.3 is 0 Å². The number of benzene rings is 1. The fourth-order valence-corrected chi connectivity index (χ4v) is 5.00. The molecule has 8 nitrogen and oxygen atoms in total. The molecule has 1 saturated carbocycles. The Morgan fingerprint density at radius 3 is 2.44 bits per heavy atom. The van der Waals surface area contributed by atoms with Gasteiger partial charge in [0.1, 0.15) is 11.2 Å². The topological polar surface area (TPSA) is 96.3 Å². The molecular formula is C26H35N5O3. The van der Waals surface area contributed by atoms with Gasteiger partial charge in [-0.25, -0.2) is 4.98 Å². The van der Waals surface area contributed by atoms with E-state index in [0.29, 0.717) is 19.5 Å². The summed E-state index contributed by atoms with van der Waals surface area (Å²) in [6, 6.07) is 8.24. The van der Waals surface area contributed by atoms with Crippen LogP contribution in [0.5, 0.6) is 0 Å². The highest BCUT2D eigenvalue weighted by Crippen LogP contribution is 2.30. The Balaban J connectivity index is 1.53. The Kier molecular flexibility index (Phi) is 7.05. The van der Waals surface area contributed by atoms with Crippen LogP contribution in [0.4, 0.5) is 0 Å². The molecule has 2 heterocycles. The van der Waals surface area contributed by atoms with Crippen LogP contribution in [-0.2, 0) is 24.3 Å². The first-order valence-electron chi connectivity index (χ1n) is 12.4. The highest BCUT2D eigenvalue weighted by molar-refractivity contribution is 6.07. The van der Waals surface area contributed by atoms with Gasteiger partial charge < -0.3 is 20.1 Å². The number of hydrogen-bond donors (Lipinski definition) is 2. The lowest BCUT2D eigenvalue weighted by molar-refractivity contribution is -0.133. The zero-order valence-electron chi connectivity index (χ0n) is 20.4. The Labute approximate surface area is 201 Å². The summed E-state index contributed by atoms with van der Waals surface area (Å²) in [5.74, 6) is -0.855. The summed E-state index contributed by atoms with van der Waals surface area (Å²) in [6.07, 6.45) is 7.36. The summed E-state index contributed by atoms with van der Waals surface area (Å²) in [7, 11) is 0. The minimum atomic E-state index is -1.03. The Morgan fingerprint density at radius 1 is 1.12 bits per heavy atom. The van der Waals surface area contributed by atoms with Crippen LogP contribution in [0.3, 0.4) is 0 Å². The zero-order chi connectivity index (χ0) is 24.3. The quantitative estimate of drug-likeness (QED) is 0.626. The van der Waals surface area contributed by atoms with E-state index < -0.39 is 11.4 Å². The van der Waals surface area contributed by atoms with Gasteiger partial charge in [-0.2, -0.15) is 0 Å². The molecule has 34 heavy (non-hydrogen) atoms. The molecule has 0 saturated heterocycles. The third-order valence-electron chi connectivity index (χ3n) is 7.09. The van der Waals surface area contributed by atoms with Crippen molar-refractivity contribution < 1.29 is 14.4 Å². The van der Waals surface area contributed by atoms with E-state index in [1.54, 1.807) is 9.47 Å². The third-order valence-corrected chi connectivity index (χ3v) is 7.09. The molecule has 2 aliphatic rings. The fourth-order valence-electron chi connectivity index (χ4n) is 5.00. The standard InChI is InChI=1S/C26H35N5O3/c1-4-14-31-24(33)22-21(23(32)27-15-19-12-10-18(5-2)11-13-19)28-17-30(22)16-26(31,3)25(34)29-20-8-6-7-9-20/h10-13,17,20H,4-9,14-16H2,1-3H3,(H,27,32)(H,29,34). The number of amides is 3. The molecule has 2 N–H and O–H groups in total. The number of carbonyl (C=O) groups is 3. The van der Waals surface area contributed by atoms with Gasteiger partial charge in [-0.05, 0) is 43.7 Å². The summed E-state index contributed by atoms with van der Waals surface area (Å²) in [5, 5.41) is 6.04. The second-order valence-corrected chi connectivity index (χ2v) is 9.61. The van der Waals surface area contributed by atoms with Gasteiger partial charge in [0.15, 0.2) is 5.69 Å². The second-order valence-electron chi connectivity index (χ2n) is 9.61. The average molecular weight is 466 g/mol. The van der Waals surface area contributed by atoms with E-state index in [4.69, 9.17) is 0 Å². The lowest BCUT2D eigenvalue weighted by atomic mass is 9.93. The molecule has 1 aromatic heterocycles. The number of aromatic nitrogens is 2. The zero-order valence-corrected chi connectivity index (χ0v) is 20.4. The summed E-state index contributed by atoms with van der Waals surface area (Å²) >= 11 is 0. The van der Waals surface area contributed by atoms with Crippen molar-refractivity contribution in [2.45, 2.75) is 84.0 Å². The molecule has 0 radical (unpaired) electrons. The highest BCUT2D eigenvalue weighted by Gasteiger charge is 2.48. The molecule has 2 aromatic rings. The first kappa shape index (κ1) is 24.0. The Bertz CT molecular complexity index is 1050. The fraction of sp³-hybridized carbons (Fsp3) is 0.538. The van der Waals surface area contributed by atoms with Gasteiger partial charge in [-0.15, -0.1) is 0 Å². The van der Waals surface area contributed by atoms with E-state index in [-0.39, 0.29) is 35.8 Å². The van der Waals surface area contributed by atoms with Crippen LogP contribution in [-0.4, -0.2) is 50.3 Å². The van der Waals surface area contributed by atoms with Crippen molar-refractivity contribution in [3.63, 3.8) is 0 Å². The van der Waals surface area contributed by atoms with Crippen molar-refractivity contribution in [1.82, 2.24) is 25.1 Å². The van der Waals surface area contributed by atoms with Gasteiger partial charge in [0.2, 0.25) is 5.91 Å². The van der Waals surface area contributed by atoms with Gasteiger partial charge in [0.25, 0.3) is 11.8 Å². The van der Waals surface area contributed by atoms with E-state index in [9.17, 15) is 14.4 Å². The first-order valence-corrected chi connectivity index (χ1v) is 12.4. The molecule has 0 spiro atoms. The van der Waals surface area contributed by atoms with E-state index >= 15 is 0 Å². The lowest BCUT2D eigenvalue weighted by Crippen LogP contribution is -2.65. The van der Waals surface area contributed by atoms with E-state index in [1.165, 1.54) is 11.9 Å². The number of rotatable bonds is 8. The summed E-state index contributed by atoms with van der Waals surface area (Å²) in [6.45, 7) is 6.94. The number of aryl methyl sites for hydroxylation is 1. The number of nitrogens with one attached hydrogen (secondary N) is 2. The molecule has 0 bridgehead atoms. The smallest absolute Gasteiger partial charge is 0.273 e. The molecule has 3 amide bonds. The van der Waals surface area contributed by atoms with Crippen molar-refractivity contribution >= 4 is 17.7 Å². The number of nitrogens with zero attached hydrogens (tertiary/aromatic N) is 3. The van der Waals surface area contributed by atoms with Crippen LogP contribution < -0.4 is 10.6 Å². The molecule has 1 aliphatic heterocycles. The van der Waals surface area contributed by atoms with Crippen LogP contribution in [0.15, 0.2) is 30.6 Å². The molecule has 8 heteroatoms. The third kappa shape index (κ3) is 4.58. The monoisotopic (exact) mass is 465 g/mol. The molecule has 1 atom stereocenters. The number of imidazole rings is 1. The van der Waals surface area contributed by atoms with Crippen molar-refractivity contribution in [1.29, 1.82) is 0 Å². The molecule has 182 valence electrons. The van der Waals surface area contributed by atoms with Gasteiger partial charge in [0, 0.05) is 19.1 Å². The molecule has 1 aliphatic carbocycles. The van der Waals surface area contributed by atoms with Gasteiger partial charge in [-0.1, -0.05) is 51.0 Å². The largest absolute Gasteiger partial charge is 0.351 e. The average Bonchev–Trinajstić information content (AvgIpc) is 3.50. The molecule has 1 fully saturated rings. The van der Waals surface area contributed by atoms with Crippen LogP contribution >= 0.6 is 0 Å². The lowest BCUT2D eigenvalue weighted by Gasteiger charge is -2.44. The molecular weight excluding hydrogens is 430 g/mol. The van der Waals surface area contributed by atoms with Gasteiger partial charge in [-0.3, -0.25) is 14.4 Å². The van der Waals surface area contributed by atoms with Gasteiger partial charge in [0.05, 0.1) is 12.9 Å². The minimum absolute atomic E-state index is 0.106. The van der Waals surface area contributed by atoms with Crippen LogP contribution in [0, 0.1) is 0 Å². The summed E-state index contributed by atoms with van der Waals surface area (Å²) in [5.41, 5.74) is 1.54. The highest BCUT2D eigenvalue weighted by atomic mass is 16.2. The maximum Gasteiger partial charge on any atom is 0.273 e. The Hall–Kier alpha value is -3.16. The summed E-state index contributed by atoms with van der Waals surface area (Å²) in [4.78, 5) is 45.8. The minimum Gasteiger partial charge on any atom is -0.351 e. The first-order chi connectivity index (χ1) is 16.4. The van der Waals surface area contributed by atoms with Crippen LogP contribution in [0.1, 0.15) is 85.0 Å². The van der Waals surface area contributed by atoms with E-state index in [1.807, 2.05) is 38.1 Å². The predicted molar refractivity (Wildman–Crippen MR) is 129 cm³/mol. The van der Waals surface area contributed by atoms with Crippen LogP contribution in [0.2, 0.25) is 0 Å². The van der Waals surface area contributed by atoms with Crippen molar-refractivity contribution in [2.75, 3.05) is 6.54 Å². The van der Waals surface area contributed by atoms with Crippen LogP contribution in [0.25, 0.3) is 0 Å². The van der Waals surface area contributed by atoms with E-state index in [2.05, 4.69) is 22.5 Å². The number of carbonyl (C=O) groups excluding carboxylic acids is 3. The molecule has 4 rings (SSSR count).